The summed E-state index contributed by atoms with van der Waals surface area (Å²) in [7, 11) is 0. The van der Waals surface area contributed by atoms with E-state index >= 15 is 0 Å². The zero-order valence-electron chi connectivity index (χ0n) is 12.2. The second kappa shape index (κ2) is 5.60. The Kier molecular flexibility index (Phi) is 4.31. The van der Waals surface area contributed by atoms with Crippen LogP contribution in [0.4, 0.5) is 0 Å². The Morgan fingerprint density at radius 2 is 1.83 bits per heavy atom. The Hall–Kier alpha value is -0.570. The molecule has 1 saturated heterocycles. The summed E-state index contributed by atoms with van der Waals surface area (Å²) in [5.41, 5.74) is -0.326. The van der Waals surface area contributed by atoms with Crippen LogP contribution in [-0.2, 0) is 4.79 Å². The predicted molar refractivity (Wildman–Crippen MR) is 74.2 cm³/mol. The van der Waals surface area contributed by atoms with Crippen molar-refractivity contribution in [3.63, 3.8) is 0 Å². The van der Waals surface area contributed by atoms with E-state index < -0.39 is 0 Å². The van der Waals surface area contributed by atoms with E-state index in [1.54, 1.807) is 0 Å². The van der Waals surface area contributed by atoms with Crippen LogP contribution in [0.1, 0.15) is 72.1 Å². The largest absolute Gasteiger partial charge is 0.323 e. The van der Waals surface area contributed by atoms with Crippen LogP contribution in [0, 0.1) is 0 Å². The molecule has 1 amide bonds. The second-order valence-electron chi connectivity index (χ2n) is 6.11. The molecule has 0 radical (unpaired) electrons. The third-order valence-electron chi connectivity index (χ3n) is 4.84. The second-order valence-corrected chi connectivity index (χ2v) is 6.11. The summed E-state index contributed by atoms with van der Waals surface area (Å²) in [6.07, 6.45) is 9.80. The monoisotopic (exact) mass is 252 g/mol. The number of hydrogen-bond donors (Lipinski definition) is 1. The van der Waals surface area contributed by atoms with Crippen molar-refractivity contribution in [2.45, 2.75) is 89.9 Å². The Bertz CT molecular complexity index is 297. The number of hydrogen-bond acceptors (Lipinski definition) is 2. The Morgan fingerprint density at radius 1 is 1.22 bits per heavy atom. The van der Waals surface area contributed by atoms with Crippen molar-refractivity contribution in [1.29, 1.82) is 0 Å². The van der Waals surface area contributed by atoms with Gasteiger partial charge >= 0.3 is 0 Å². The van der Waals surface area contributed by atoms with E-state index in [1.807, 2.05) is 0 Å². The summed E-state index contributed by atoms with van der Waals surface area (Å²) in [6.45, 7) is 6.35. The van der Waals surface area contributed by atoms with Gasteiger partial charge in [0.25, 0.3) is 0 Å². The lowest BCUT2D eigenvalue weighted by molar-refractivity contribution is -0.135. The molecule has 0 aromatic carbocycles. The van der Waals surface area contributed by atoms with Crippen molar-refractivity contribution in [3.8, 4) is 0 Å². The van der Waals surface area contributed by atoms with Crippen molar-refractivity contribution >= 4 is 5.91 Å². The van der Waals surface area contributed by atoms with Crippen molar-refractivity contribution in [1.82, 2.24) is 10.2 Å². The van der Waals surface area contributed by atoms with Gasteiger partial charge in [-0.25, -0.2) is 0 Å². The molecule has 1 aliphatic heterocycles. The lowest BCUT2D eigenvalue weighted by atomic mass is 9.98. The molecule has 1 heterocycles. The molecular formula is C15H28N2O. The Morgan fingerprint density at radius 3 is 2.33 bits per heavy atom. The van der Waals surface area contributed by atoms with Gasteiger partial charge in [-0.1, -0.05) is 39.5 Å². The molecule has 0 aromatic heterocycles. The Balaban J connectivity index is 2.16. The van der Waals surface area contributed by atoms with Crippen molar-refractivity contribution in [2.75, 3.05) is 0 Å². The fourth-order valence-electron chi connectivity index (χ4n) is 3.43. The van der Waals surface area contributed by atoms with Gasteiger partial charge in [0.1, 0.15) is 0 Å². The summed E-state index contributed by atoms with van der Waals surface area (Å²) in [5.74, 6) is 0.337. The predicted octanol–water partition coefficient (Wildman–Crippen LogP) is 3.05. The van der Waals surface area contributed by atoms with Gasteiger partial charge in [-0.2, -0.15) is 0 Å². The fourth-order valence-corrected chi connectivity index (χ4v) is 3.43. The maximum Gasteiger partial charge on any atom is 0.244 e. The number of carbonyl (C=O) groups is 1. The van der Waals surface area contributed by atoms with Gasteiger partial charge in [0, 0.05) is 6.04 Å². The van der Waals surface area contributed by atoms with Crippen LogP contribution in [0.3, 0.4) is 0 Å². The van der Waals surface area contributed by atoms with E-state index in [0.717, 1.165) is 12.8 Å². The molecule has 2 unspecified atom stereocenters. The van der Waals surface area contributed by atoms with E-state index in [2.05, 4.69) is 31.0 Å². The molecule has 2 fully saturated rings. The van der Waals surface area contributed by atoms with E-state index in [9.17, 15) is 4.79 Å². The molecular weight excluding hydrogens is 224 g/mol. The van der Waals surface area contributed by atoms with E-state index in [4.69, 9.17) is 0 Å². The van der Waals surface area contributed by atoms with Crippen molar-refractivity contribution in [2.24, 2.45) is 0 Å². The number of rotatable bonds is 3. The molecule has 2 aliphatic rings. The summed E-state index contributed by atoms with van der Waals surface area (Å²) in [5, 5.41) is 3.56. The number of amides is 1. The average Bonchev–Trinajstić information content (AvgIpc) is 2.58. The van der Waals surface area contributed by atoms with Gasteiger partial charge in [-0.15, -0.1) is 0 Å². The minimum Gasteiger partial charge on any atom is -0.323 e. The summed E-state index contributed by atoms with van der Waals surface area (Å²) in [4.78, 5) is 14.9. The summed E-state index contributed by atoms with van der Waals surface area (Å²) < 4.78 is 0. The van der Waals surface area contributed by atoms with Crippen LogP contribution >= 0.6 is 0 Å². The molecule has 2 atom stereocenters. The minimum atomic E-state index is -0.326. The van der Waals surface area contributed by atoms with Crippen LogP contribution in [-0.4, -0.2) is 28.6 Å². The maximum atomic E-state index is 12.7. The third kappa shape index (κ3) is 2.42. The van der Waals surface area contributed by atoms with Crippen LogP contribution in [0.5, 0.6) is 0 Å². The van der Waals surface area contributed by atoms with Crippen LogP contribution in [0.15, 0.2) is 0 Å². The molecule has 3 nitrogen and oxygen atoms in total. The van der Waals surface area contributed by atoms with Crippen LogP contribution in [0.2, 0.25) is 0 Å². The zero-order valence-corrected chi connectivity index (χ0v) is 12.2. The first kappa shape index (κ1) is 13.9. The van der Waals surface area contributed by atoms with Crippen LogP contribution < -0.4 is 5.32 Å². The van der Waals surface area contributed by atoms with Crippen molar-refractivity contribution in [3.05, 3.63) is 0 Å². The van der Waals surface area contributed by atoms with Gasteiger partial charge in [0.05, 0.1) is 11.7 Å². The van der Waals surface area contributed by atoms with Gasteiger partial charge in [0.15, 0.2) is 0 Å². The molecule has 3 heteroatoms. The van der Waals surface area contributed by atoms with E-state index in [0.29, 0.717) is 11.9 Å². The first-order valence-electron chi connectivity index (χ1n) is 7.73. The number of carbonyl (C=O) groups excluding carboxylic acids is 1. The summed E-state index contributed by atoms with van der Waals surface area (Å²) >= 11 is 0. The molecule has 1 aliphatic carbocycles. The molecule has 1 saturated carbocycles. The van der Waals surface area contributed by atoms with Crippen LogP contribution in [0.25, 0.3) is 0 Å². The lowest BCUT2D eigenvalue weighted by Gasteiger charge is -2.32. The molecule has 0 spiro atoms. The van der Waals surface area contributed by atoms with E-state index in [-0.39, 0.29) is 11.7 Å². The molecule has 104 valence electrons. The third-order valence-corrected chi connectivity index (χ3v) is 4.84. The zero-order chi connectivity index (χ0) is 13.2. The normalized spacial score (nSPS) is 34.9. The Labute approximate surface area is 111 Å². The quantitative estimate of drug-likeness (QED) is 0.783. The van der Waals surface area contributed by atoms with Gasteiger partial charge in [0.2, 0.25) is 5.91 Å². The average molecular weight is 252 g/mol. The van der Waals surface area contributed by atoms with Gasteiger partial charge in [-0.05, 0) is 32.6 Å². The fraction of sp³-hybridized carbons (Fsp3) is 0.933. The highest BCUT2D eigenvalue weighted by molar-refractivity contribution is 5.88. The first-order valence-corrected chi connectivity index (χ1v) is 7.73. The smallest absolute Gasteiger partial charge is 0.244 e. The molecule has 18 heavy (non-hydrogen) atoms. The standard InChI is InChI=1S/C15H28N2O/c1-4-13-16-15(3,5-2)14(18)17(13)12-10-8-6-7-9-11-12/h12-13,16H,4-11H2,1-3H3. The highest BCUT2D eigenvalue weighted by Crippen LogP contribution is 2.31. The lowest BCUT2D eigenvalue weighted by Crippen LogP contribution is -2.45. The highest BCUT2D eigenvalue weighted by Gasteiger charge is 2.48. The molecule has 0 aromatic rings. The van der Waals surface area contributed by atoms with E-state index in [1.165, 1.54) is 38.5 Å². The first-order chi connectivity index (χ1) is 8.62. The summed E-state index contributed by atoms with van der Waals surface area (Å²) in [6, 6.07) is 0.478. The topological polar surface area (TPSA) is 32.3 Å². The van der Waals surface area contributed by atoms with Gasteiger partial charge < -0.3 is 4.90 Å². The number of nitrogens with one attached hydrogen (secondary N) is 1. The molecule has 1 N–H and O–H groups in total. The minimum absolute atomic E-state index is 0.255. The number of nitrogens with zero attached hydrogens (tertiary/aromatic N) is 1. The SMILES string of the molecule is CCC1NC(C)(CC)C(=O)N1C1CCCCCC1. The maximum absolute atomic E-state index is 12.7. The van der Waals surface area contributed by atoms with Gasteiger partial charge in [-0.3, -0.25) is 10.1 Å². The van der Waals surface area contributed by atoms with Crippen molar-refractivity contribution < 1.29 is 4.79 Å². The molecule has 2 rings (SSSR count). The highest BCUT2D eigenvalue weighted by atomic mass is 16.2. The molecule has 0 bridgehead atoms.